The van der Waals surface area contributed by atoms with Crippen molar-refractivity contribution in [2.45, 2.75) is 0 Å². The van der Waals surface area contributed by atoms with Crippen LogP contribution >= 0.6 is 0 Å². The average molecular weight is 361 g/mol. The van der Waals surface area contributed by atoms with E-state index in [2.05, 4.69) is 15.3 Å². The number of carbonyl (C=O) groups excluding carboxylic acids is 1. The molecule has 2 N–H and O–H groups in total. The van der Waals surface area contributed by atoms with Gasteiger partial charge in [0.25, 0.3) is 5.69 Å². The summed E-state index contributed by atoms with van der Waals surface area (Å²) in [7, 11) is 1.70. The number of benzene rings is 2. The Balaban J connectivity index is 1.69. The molecule has 0 aliphatic carbocycles. The van der Waals surface area contributed by atoms with Crippen LogP contribution < -0.4 is 5.32 Å². The molecule has 8 heteroatoms. The van der Waals surface area contributed by atoms with E-state index in [1.165, 1.54) is 18.3 Å². The van der Waals surface area contributed by atoms with Gasteiger partial charge in [-0.25, -0.2) is 4.98 Å². The molecule has 2 aromatic carbocycles. The molecular weight excluding hydrogens is 346 g/mol. The maximum Gasteiger partial charge on any atom is 0.293 e. The second-order valence-corrected chi connectivity index (χ2v) is 6.08. The van der Waals surface area contributed by atoms with E-state index in [-0.39, 0.29) is 22.9 Å². The lowest BCUT2D eigenvalue weighted by Gasteiger charge is -2.09. The Kier molecular flexibility index (Phi) is 3.92. The molecule has 0 bridgehead atoms. The van der Waals surface area contributed by atoms with Crippen LogP contribution in [0.5, 0.6) is 0 Å². The first-order chi connectivity index (χ1) is 13.0. The van der Waals surface area contributed by atoms with Gasteiger partial charge in [0.1, 0.15) is 5.69 Å². The van der Waals surface area contributed by atoms with Crippen LogP contribution in [0, 0.1) is 10.1 Å². The highest BCUT2D eigenvalue weighted by atomic mass is 16.6. The molecule has 134 valence electrons. The number of carbonyl (C=O) groups is 1. The molecule has 8 nitrogen and oxygen atoms in total. The van der Waals surface area contributed by atoms with Crippen LogP contribution in [0.4, 0.5) is 17.1 Å². The van der Waals surface area contributed by atoms with Gasteiger partial charge in [-0.1, -0.05) is 0 Å². The number of imidazole rings is 1. The zero-order valence-corrected chi connectivity index (χ0v) is 14.3. The molecule has 0 atom stereocenters. The molecule has 27 heavy (non-hydrogen) atoms. The summed E-state index contributed by atoms with van der Waals surface area (Å²) in [5.41, 5.74) is 2.04. The van der Waals surface area contributed by atoms with Crippen molar-refractivity contribution in [1.29, 1.82) is 0 Å². The minimum atomic E-state index is -0.508. The molecule has 4 aromatic rings. The summed E-state index contributed by atoms with van der Waals surface area (Å²) >= 11 is 0. The molecule has 0 radical (unpaired) electrons. The average Bonchev–Trinajstić information content (AvgIpc) is 3.29. The van der Waals surface area contributed by atoms with Crippen LogP contribution in [0.2, 0.25) is 0 Å². The number of rotatable bonds is 5. The van der Waals surface area contributed by atoms with Crippen molar-refractivity contribution < 1.29 is 9.72 Å². The maximum absolute atomic E-state index is 12.6. The van der Waals surface area contributed by atoms with Crippen LogP contribution in [0.1, 0.15) is 16.2 Å². The number of aromatic nitrogens is 3. The standard InChI is InChI=1S/C19H15N5O3/c1-23-9-8-21-19(23)18(25)13-2-4-16(17(11-13)24(26)27)22-14-3-5-15-12(10-14)6-7-20-15/h2-11,20,22H,1H3. The summed E-state index contributed by atoms with van der Waals surface area (Å²) in [6, 6.07) is 11.9. The molecule has 0 fully saturated rings. The van der Waals surface area contributed by atoms with Gasteiger partial charge in [0, 0.05) is 53.9 Å². The number of nitrogens with one attached hydrogen (secondary N) is 2. The van der Waals surface area contributed by atoms with Crippen LogP contribution in [0.25, 0.3) is 10.9 Å². The van der Waals surface area contributed by atoms with E-state index in [0.717, 1.165) is 10.9 Å². The lowest BCUT2D eigenvalue weighted by atomic mass is 10.1. The third-order valence-corrected chi connectivity index (χ3v) is 4.31. The fourth-order valence-corrected chi connectivity index (χ4v) is 2.93. The fraction of sp³-hybridized carbons (Fsp3) is 0.0526. The quantitative estimate of drug-likeness (QED) is 0.320. The Hall–Kier alpha value is -3.94. The van der Waals surface area contributed by atoms with E-state index < -0.39 is 4.92 Å². The van der Waals surface area contributed by atoms with Crippen molar-refractivity contribution in [3.8, 4) is 0 Å². The third-order valence-electron chi connectivity index (χ3n) is 4.31. The number of ketones is 1. The van der Waals surface area contributed by atoms with Gasteiger partial charge < -0.3 is 14.9 Å². The first-order valence-electron chi connectivity index (χ1n) is 8.17. The summed E-state index contributed by atoms with van der Waals surface area (Å²) in [5, 5.41) is 15.6. The highest BCUT2D eigenvalue weighted by molar-refractivity contribution is 6.07. The second kappa shape index (κ2) is 6.41. The molecule has 0 saturated heterocycles. The van der Waals surface area contributed by atoms with Gasteiger partial charge in [0.2, 0.25) is 5.78 Å². The Morgan fingerprint density at radius 2 is 2.07 bits per heavy atom. The number of anilines is 2. The van der Waals surface area contributed by atoms with Gasteiger partial charge in [-0.05, 0) is 36.4 Å². The largest absolute Gasteiger partial charge is 0.361 e. The number of nitro groups is 1. The summed E-state index contributed by atoms with van der Waals surface area (Å²) in [4.78, 5) is 30.7. The van der Waals surface area contributed by atoms with E-state index in [4.69, 9.17) is 0 Å². The lowest BCUT2D eigenvalue weighted by molar-refractivity contribution is -0.383. The monoisotopic (exact) mass is 361 g/mol. The highest BCUT2D eigenvalue weighted by Gasteiger charge is 2.20. The number of hydrogen-bond acceptors (Lipinski definition) is 5. The third kappa shape index (κ3) is 3.04. The zero-order valence-electron chi connectivity index (χ0n) is 14.3. The van der Waals surface area contributed by atoms with Crippen LogP contribution in [-0.2, 0) is 7.05 Å². The topological polar surface area (TPSA) is 106 Å². The van der Waals surface area contributed by atoms with E-state index in [1.54, 1.807) is 23.9 Å². The van der Waals surface area contributed by atoms with Crippen LogP contribution in [0.15, 0.2) is 61.1 Å². The zero-order chi connectivity index (χ0) is 19.0. The van der Waals surface area contributed by atoms with Crippen molar-refractivity contribution in [3.63, 3.8) is 0 Å². The van der Waals surface area contributed by atoms with Gasteiger partial charge in [-0.2, -0.15) is 0 Å². The number of hydrogen-bond donors (Lipinski definition) is 2. The normalized spacial score (nSPS) is 10.9. The summed E-state index contributed by atoms with van der Waals surface area (Å²) in [6.07, 6.45) is 4.98. The molecule has 0 aliphatic heterocycles. The maximum atomic E-state index is 12.6. The van der Waals surface area contributed by atoms with Crippen LogP contribution in [0.3, 0.4) is 0 Å². The van der Waals surface area contributed by atoms with Gasteiger partial charge >= 0.3 is 0 Å². The lowest BCUT2D eigenvalue weighted by Crippen LogP contribution is -2.09. The minimum Gasteiger partial charge on any atom is -0.361 e. The molecule has 0 saturated carbocycles. The van der Waals surface area contributed by atoms with E-state index >= 15 is 0 Å². The van der Waals surface area contributed by atoms with Gasteiger partial charge in [0.15, 0.2) is 5.82 Å². The number of H-pyrrole nitrogens is 1. The van der Waals surface area contributed by atoms with E-state index in [0.29, 0.717) is 11.4 Å². The molecular formula is C19H15N5O3. The number of fused-ring (bicyclic) bond motifs is 1. The first-order valence-corrected chi connectivity index (χ1v) is 8.17. The van der Waals surface area contributed by atoms with Gasteiger partial charge in [-0.15, -0.1) is 0 Å². The molecule has 2 aromatic heterocycles. The molecule has 0 aliphatic rings. The van der Waals surface area contributed by atoms with Crippen molar-refractivity contribution in [2.24, 2.45) is 7.05 Å². The van der Waals surface area contributed by atoms with Crippen LogP contribution in [-0.4, -0.2) is 25.2 Å². The first kappa shape index (κ1) is 16.5. The molecule has 0 unspecified atom stereocenters. The Bertz CT molecular complexity index is 1180. The van der Waals surface area contributed by atoms with E-state index in [1.807, 2.05) is 30.5 Å². The van der Waals surface area contributed by atoms with Crippen molar-refractivity contribution in [2.75, 3.05) is 5.32 Å². The summed E-state index contributed by atoms with van der Waals surface area (Å²) in [5.74, 6) is -0.145. The smallest absolute Gasteiger partial charge is 0.293 e. The Morgan fingerprint density at radius 1 is 1.22 bits per heavy atom. The Morgan fingerprint density at radius 3 is 2.81 bits per heavy atom. The SMILES string of the molecule is Cn1ccnc1C(=O)c1ccc(Nc2ccc3[nH]ccc3c2)c([N+](=O)[O-])c1. The second-order valence-electron chi connectivity index (χ2n) is 6.08. The predicted octanol–water partition coefficient (Wildman–Crippen LogP) is 3.78. The van der Waals surface area contributed by atoms with Crippen molar-refractivity contribution in [1.82, 2.24) is 14.5 Å². The molecule has 0 amide bonds. The highest BCUT2D eigenvalue weighted by Crippen LogP contribution is 2.30. The van der Waals surface area contributed by atoms with Gasteiger partial charge in [0.05, 0.1) is 4.92 Å². The number of nitrogens with zero attached hydrogens (tertiary/aromatic N) is 3. The Labute approximate surface area is 153 Å². The number of aromatic amines is 1. The molecule has 4 rings (SSSR count). The predicted molar refractivity (Wildman–Crippen MR) is 101 cm³/mol. The molecule has 0 spiro atoms. The molecule has 2 heterocycles. The number of aryl methyl sites for hydroxylation is 1. The van der Waals surface area contributed by atoms with Crippen molar-refractivity contribution >= 4 is 33.7 Å². The van der Waals surface area contributed by atoms with Crippen molar-refractivity contribution in [3.05, 3.63) is 82.6 Å². The number of nitro benzene ring substituents is 1. The van der Waals surface area contributed by atoms with Gasteiger partial charge in [-0.3, -0.25) is 14.9 Å². The summed E-state index contributed by atoms with van der Waals surface area (Å²) in [6.45, 7) is 0. The fourth-order valence-electron chi connectivity index (χ4n) is 2.93. The summed E-state index contributed by atoms with van der Waals surface area (Å²) < 4.78 is 1.58. The van der Waals surface area contributed by atoms with E-state index in [9.17, 15) is 14.9 Å². The minimum absolute atomic E-state index is 0.177.